The smallest absolute Gasteiger partial charge is 0.111 e. The maximum atomic E-state index is 3.28. The van der Waals surface area contributed by atoms with E-state index in [2.05, 4.69) is 46.2 Å². The lowest BCUT2D eigenvalue weighted by molar-refractivity contribution is 0.242. The van der Waals surface area contributed by atoms with E-state index < -0.39 is 0 Å². The van der Waals surface area contributed by atoms with Crippen molar-refractivity contribution in [1.82, 2.24) is 4.90 Å². The zero-order chi connectivity index (χ0) is 11.5. The Morgan fingerprint density at radius 2 is 1.71 bits per heavy atom. The van der Waals surface area contributed by atoms with Crippen LogP contribution in [0.2, 0.25) is 0 Å². The lowest BCUT2D eigenvalue weighted by atomic mass is 9.95. The topological polar surface area (TPSA) is 6.48 Å². The van der Waals surface area contributed by atoms with E-state index in [4.69, 9.17) is 0 Å². The molecule has 0 amide bonds. The lowest BCUT2D eigenvalue weighted by Crippen LogP contribution is -2.36. The Balaban J connectivity index is 1.65. The lowest BCUT2D eigenvalue weighted by Gasteiger charge is -2.30. The van der Waals surface area contributed by atoms with Crippen LogP contribution in [0.1, 0.15) is 32.1 Å². The molecule has 2 heteroatoms. The number of rotatable bonds is 2. The molecule has 1 heterocycles. The molecule has 1 aromatic rings. The van der Waals surface area contributed by atoms with Crippen molar-refractivity contribution in [2.75, 3.05) is 11.6 Å². The van der Waals surface area contributed by atoms with Crippen molar-refractivity contribution in [1.29, 1.82) is 0 Å². The standard InChI is InChI=1S/C15H18N2/c1-3-7-14(8-4-1)16-11-12-17(13-16)15-9-5-2-6-10-15/h1,3-4,7-8,15H,2,5-6,9-10,13H2. The van der Waals surface area contributed by atoms with Crippen LogP contribution < -0.4 is 4.90 Å². The molecule has 0 radical (unpaired) electrons. The van der Waals surface area contributed by atoms with Crippen LogP contribution in [-0.2, 0) is 0 Å². The summed E-state index contributed by atoms with van der Waals surface area (Å²) < 4.78 is 0. The molecule has 0 spiro atoms. The molecule has 0 unspecified atom stereocenters. The Bertz CT molecular complexity index is 423. The van der Waals surface area contributed by atoms with Crippen LogP contribution in [0.5, 0.6) is 0 Å². The molecule has 0 saturated heterocycles. The molecule has 2 nitrogen and oxygen atoms in total. The van der Waals surface area contributed by atoms with Crippen LogP contribution in [0.3, 0.4) is 0 Å². The van der Waals surface area contributed by atoms with Crippen LogP contribution in [0, 0.1) is 12.1 Å². The maximum Gasteiger partial charge on any atom is 0.111 e. The van der Waals surface area contributed by atoms with Gasteiger partial charge in [0, 0.05) is 18.1 Å². The van der Waals surface area contributed by atoms with Crippen molar-refractivity contribution in [3.05, 3.63) is 30.3 Å². The fraction of sp³-hybridized carbons (Fsp3) is 0.467. The summed E-state index contributed by atoms with van der Waals surface area (Å²) in [6.45, 7) is 0.911. The highest BCUT2D eigenvalue weighted by atomic mass is 15.3. The first-order chi connectivity index (χ1) is 8.43. The average molecular weight is 226 g/mol. The molecule has 2 aliphatic rings. The van der Waals surface area contributed by atoms with Crippen molar-refractivity contribution in [3.8, 4) is 12.1 Å². The van der Waals surface area contributed by atoms with Crippen molar-refractivity contribution in [2.24, 2.45) is 0 Å². The highest BCUT2D eigenvalue weighted by Crippen LogP contribution is 2.25. The van der Waals surface area contributed by atoms with Gasteiger partial charge < -0.3 is 4.90 Å². The number of para-hydroxylation sites is 1. The van der Waals surface area contributed by atoms with Gasteiger partial charge in [-0.25, -0.2) is 0 Å². The minimum Gasteiger partial charge on any atom is -0.309 e. The van der Waals surface area contributed by atoms with E-state index in [1.54, 1.807) is 0 Å². The zero-order valence-corrected chi connectivity index (χ0v) is 10.1. The van der Waals surface area contributed by atoms with E-state index in [1.165, 1.54) is 37.8 Å². The average Bonchev–Trinajstić information content (AvgIpc) is 2.90. The van der Waals surface area contributed by atoms with Crippen LogP contribution in [0.4, 0.5) is 5.69 Å². The van der Waals surface area contributed by atoms with Crippen LogP contribution in [0.25, 0.3) is 0 Å². The number of benzene rings is 1. The largest absolute Gasteiger partial charge is 0.309 e. The van der Waals surface area contributed by atoms with E-state index in [0.29, 0.717) is 6.04 Å². The van der Waals surface area contributed by atoms with E-state index in [-0.39, 0.29) is 0 Å². The third-order valence-electron chi connectivity index (χ3n) is 3.71. The second-order valence-corrected chi connectivity index (χ2v) is 4.89. The first-order valence-electron chi connectivity index (χ1n) is 6.54. The molecule has 1 aliphatic heterocycles. The molecule has 0 bridgehead atoms. The summed E-state index contributed by atoms with van der Waals surface area (Å²) in [5.74, 6) is 0. The van der Waals surface area contributed by atoms with Gasteiger partial charge >= 0.3 is 0 Å². The summed E-state index contributed by atoms with van der Waals surface area (Å²) in [7, 11) is 0. The molecule has 1 aliphatic carbocycles. The highest BCUT2D eigenvalue weighted by Gasteiger charge is 2.23. The maximum absolute atomic E-state index is 3.28. The van der Waals surface area contributed by atoms with Crippen LogP contribution in [-0.4, -0.2) is 17.6 Å². The van der Waals surface area contributed by atoms with E-state index >= 15 is 0 Å². The fourth-order valence-corrected chi connectivity index (χ4v) is 2.70. The van der Waals surface area contributed by atoms with Crippen LogP contribution >= 0.6 is 0 Å². The second-order valence-electron chi connectivity index (χ2n) is 4.89. The number of hydrogen-bond acceptors (Lipinski definition) is 2. The van der Waals surface area contributed by atoms with Gasteiger partial charge in [0.15, 0.2) is 0 Å². The van der Waals surface area contributed by atoms with Gasteiger partial charge in [-0.3, -0.25) is 4.90 Å². The SMILES string of the molecule is C1#CN(C2CCCCC2)CN1c1ccccc1. The monoisotopic (exact) mass is 226 g/mol. The summed E-state index contributed by atoms with van der Waals surface area (Å²) in [6, 6.07) is 17.6. The highest BCUT2D eigenvalue weighted by molar-refractivity contribution is 5.52. The summed E-state index contributed by atoms with van der Waals surface area (Å²) in [5.41, 5.74) is 1.21. The molecule has 17 heavy (non-hydrogen) atoms. The van der Waals surface area contributed by atoms with Gasteiger partial charge in [0.25, 0.3) is 0 Å². The van der Waals surface area contributed by atoms with Gasteiger partial charge in [-0.15, -0.1) is 0 Å². The molecule has 1 fully saturated rings. The van der Waals surface area contributed by atoms with Crippen LogP contribution in [0.15, 0.2) is 30.3 Å². The first-order valence-corrected chi connectivity index (χ1v) is 6.54. The molecule has 0 N–H and O–H groups in total. The molecular weight excluding hydrogens is 208 g/mol. The van der Waals surface area contributed by atoms with Crippen molar-refractivity contribution < 1.29 is 0 Å². The van der Waals surface area contributed by atoms with Crippen molar-refractivity contribution in [3.63, 3.8) is 0 Å². The second kappa shape index (κ2) is 4.71. The first kappa shape index (κ1) is 10.5. The van der Waals surface area contributed by atoms with Crippen molar-refractivity contribution in [2.45, 2.75) is 38.1 Å². The quantitative estimate of drug-likeness (QED) is 0.715. The molecule has 0 atom stereocenters. The summed E-state index contributed by atoms with van der Waals surface area (Å²) >= 11 is 0. The summed E-state index contributed by atoms with van der Waals surface area (Å²) in [5, 5.41) is 0. The minimum absolute atomic E-state index is 0.685. The third kappa shape index (κ3) is 2.24. The molecule has 1 saturated carbocycles. The van der Waals surface area contributed by atoms with E-state index in [1.807, 2.05) is 6.07 Å². The van der Waals surface area contributed by atoms with Gasteiger partial charge in [0.05, 0.1) is 5.69 Å². The predicted octanol–water partition coefficient (Wildman–Crippen LogP) is 3.02. The fourth-order valence-electron chi connectivity index (χ4n) is 2.70. The molecule has 0 aromatic heterocycles. The Hall–Kier alpha value is -1.62. The van der Waals surface area contributed by atoms with Gasteiger partial charge in [-0.1, -0.05) is 37.5 Å². The minimum atomic E-state index is 0.685. The predicted molar refractivity (Wildman–Crippen MR) is 70.3 cm³/mol. The molecular formula is C15H18N2. The normalized spacial score (nSPS) is 20.2. The van der Waals surface area contributed by atoms with Gasteiger partial charge in [0.1, 0.15) is 6.67 Å². The Morgan fingerprint density at radius 1 is 0.941 bits per heavy atom. The zero-order valence-electron chi connectivity index (χ0n) is 10.1. The molecule has 3 rings (SSSR count). The van der Waals surface area contributed by atoms with Gasteiger partial charge in [-0.05, 0) is 25.0 Å². The molecule has 88 valence electrons. The molecule has 1 aromatic carbocycles. The number of nitrogens with zero attached hydrogens (tertiary/aromatic N) is 2. The van der Waals surface area contributed by atoms with E-state index in [9.17, 15) is 0 Å². The number of anilines is 1. The Kier molecular flexibility index (Phi) is 2.92. The summed E-state index contributed by atoms with van der Waals surface area (Å²) in [6.07, 6.45) is 6.77. The van der Waals surface area contributed by atoms with Gasteiger partial charge in [0.2, 0.25) is 0 Å². The third-order valence-corrected chi connectivity index (χ3v) is 3.71. The van der Waals surface area contributed by atoms with Crippen molar-refractivity contribution >= 4 is 5.69 Å². The van der Waals surface area contributed by atoms with E-state index in [0.717, 1.165) is 6.67 Å². The number of hydrogen-bond donors (Lipinski definition) is 0. The Morgan fingerprint density at radius 3 is 2.47 bits per heavy atom. The van der Waals surface area contributed by atoms with Gasteiger partial charge in [-0.2, -0.15) is 0 Å². The Labute approximate surface area is 103 Å². The summed E-state index contributed by atoms with van der Waals surface area (Å²) in [4.78, 5) is 4.47.